The normalized spacial score (nSPS) is 21.1. The highest BCUT2D eigenvalue weighted by atomic mass is 32.2. The molecule has 1 atom stereocenters. The van der Waals surface area contributed by atoms with Crippen molar-refractivity contribution in [2.24, 2.45) is 5.73 Å². The van der Waals surface area contributed by atoms with Crippen molar-refractivity contribution in [2.75, 3.05) is 13.1 Å². The van der Waals surface area contributed by atoms with Gasteiger partial charge in [0.25, 0.3) is 0 Å². The summed E-state index contributed by atoms with van der Waals surface area (Å²) in [6.07, 6.45) is 1.40. The number of benzene rings is 1. The molecule has 2 rings (SSSR count). The van der Waals surface area contributed by atoms with Crippen molar-refractivity contribution in [3.8, 4) is 5.75 Å². The summed E-state index contributed by atoms with van der Waals surface area (Å²) >= 11 is 0. The standard InChI is InChI=1S/C12H16F2N2O3S/c13-12(14)19-10-5-1-2-6-11(10)20(17,18)16-7-3-4-9(15)8-16/h1-2,5-6,9,12H,3-4,7-8,15H2. The molecule has 0 saturated carbocycles. The van der Waals surface area contributed by atoms with E-state index in [1.807, 2.05) is 0 Å². The molecule has 0 bridgehead atoms. The molecule has 1 heterocycles. The van der Waals surface area contributed by atoms with Gasteiger partial charge in [-0.25, -0.2) is 8.42 Å². The summed E-state index contributed by atoms with van der Waals surface area (Å²) in [7, 11) is -3.88. The first kappa shape index (κ1) is 15.1. The zero-order chi connectivity index (χ0) is 14.8. The van der Waals surface area contributed by atoms with E-state index in [1.54, 1.807) is 0 Å². The molecule has 1 aromatic rings. The zero-order valence-corrected chi connectivity index (χ0v) is 11.5. The summed E-state index contributed by atoms with van der Waals surface area (Å²) < 4.78 is 55.1. The van der Waals surface area contributed by atoms with E-state index in [-0.39, 0.29) is 23.2 Å². The number of hydrogen-bond acceptors (Lipinski definition) is 4. The van der Waals surface area contributed by atoms with E-state index in [2.05, 4.69) is 4.74 Å². The number of ether oxygens (including phenoxy) is 1. The highest BCUT2D eigenvalue weighted by Gasteiger charge is 2.31. The van der Waals surface area contributed by atoms with Gasteiger partial charge in [0.1, 0.15) is 10.6 Å². The van der Waals surface area contributed by atoms with Crippen LogP contribution in [0.5, 0.6) is 5.75 Å². The van der Waals surface area contributed by atoms with Crippen molar-refractivity contribution in [2.45, 2.75) is 30.4 Å². The Morgan fingerprint density at radius 1 is 1.35 bits per heavy atom. The quantitative estimate of drug-likeness (QED) is 0.912. The Labute approximate surface area is 116 Å². The Bertz CT molecular complexity index is 566. The van der Waals surface area contributed by atoms with Gasteiger partial charge < -0.3 is 10.5 Å². The van der Waals surface area contributed by atoms with Crippen molar-refractivity contribution in [3.05, 3.63) is 24.3 Å². The van der Waals surface area contributed by atoms with Gasteiger partial charge in [0, 0.05) is 19.1 Å². The third-order valence-corrected chi connectivity index (χ3v) is 5.01. The molecule has 1 unspecified atom stereocenters. The average molecular weight is 306 g/mol. The Morgan fingerprint density at radius 2 is 2.05 bits per heavy atom. The first-order valence-electron chi connectivity index (χ1n) is 6.21. The molecular formula is C12H16F2N2O3S. The second kappa shape index (κ2) is 6.02. The van der Waals surface area contributed by atoms with Crippen molar-refractivity contribution in [1.29, 1.82) is 0 Å². The number of para-hydroxylation sites is 1. The minimum atomic E-state index is -3.88. The van der Waals surface area contributed by atoms with E-state index in [1.165, 1.54) is 28.6 Å². The van der Waals surface area contributed by atoms with Crippen molar-refractivity contribution in [1.82, 2.24) is 4.31 Å². The average Bonchev–Trinajstić information content (AvgIpc) is 2.38. The minimum Gasteiger partial charge on any atom is -0.433 e. The molecule has 0 spiro atoms. The van der Waals surface area contributed by atoms with Crippen molar-refractivity contribution in [3.63, 3.8) is 0 Å². The lowest BCUT2D eigenvalue weighted by atomic mass is 10.1. The zero-order valence-electron chi connectivity index (χ0n) is 10.7. The topological polar surface area (TPSA) is 72.6 Å². The van der Waals surface area contributed by atoms with Gasteiger partial charge in [-0.1, -0.05) is 12.1 Å². The van der Waals surface area contributed by atoms with Crippen LogP contribution in [0.4, 0.5) is 8.78 Å². The molecule has 0 amide bonds. The first-order chi connectivity index (χ1) is 9.41. The molecule has 5 nitrogen and oxygen atoms in total. The van der Waals surface area contributed by atoms with Gasteiger partial charge in [-0.2, -0.15) is 13.1 Å². The Balaban J connectivity index is 2.34. The number of halogens is 2. The maximum absolute atomic E-state index is 12.5. The van der Waals surface area contributed by atoms with Crippen molar-refractivity contribution >= 4 is 10.0 Å². The molecular weight excluding hydrogens is 290 g/mol. The van der Waals surface area contributed by atoms with Crippen LogP contribution in [0, 0.1) is 0 Å². The fourth-order valence-electron chi connectivity index (χ4n) is 2.19. The summed E-state index contributed by atoms with van der Waals surface area (Å²) in [6.45, 7) is -2.56. The molecule has 1 saturated heterocycles. The lowest BCUT2D eigenvalue weighted by molar-refractivity contribution is -0.0518. The van der Waals surface area contributed by atoms with E-state index >= 15 is 0 Å². The van der Waals surface area contributed by atoms with Crippen LogP contribution >= 0.6 is 0 Å². The van der Waals surface area contributed by atoms with Gasteiger partial charge in [-0.05, 0) is 25.0 Å². The fourth-order valence-corrected chi connectivity index (χ4v) is 3.84. The molecule has 2 N–H and O–H groups in total. The molecule has 0 aliphatic carbocycles. The SMILES string of the molecule is NC1CCCN(S(=O)(=O)c2ccccc2OC(F)F)C1. The molecule has 8 heteroatoms. The monoisotopic (exact) mass is 306 g/mol. The maximum Gasteiger partial charge on any atom is 0.387 e. The largest absolute Gasteiger partial charge is 0.433 e. The van der Waals surface area contributed by atoms with Crippen LogP contribution in [0.25, 0.3) is 0 Å². The van der Waals surface area contributed by atoms with Crippen LogP contribution in [0.2, 0.25) is 0 Å². The lowest BCUT2D eigenvalue weighted by Crippen LogP contribution is -2.45. The summed E-state index contributed by atoms with van der Waals surface area (Å²) in [4.78, 5) is -0.255. The van der Waals surface area contributed by atoms with E-state index < -0.39 is 16.6 Å². The Kier molecular flexibility index (Phi) is 4.56. The number of rotatable bonds is 4. The summed E-state index contributed by atoms with van der Waals surface area (Å²) in [6, 6.07) is 5.14. The number of sulfonamides is 1. The molecule has 1 fully saturated rings. The summed E-state index contributed by atoms with van der Waals surface area (Å²) in [5.74, 6) is -0.346. The number of nitrogens with zero attached hydrogens (tertiary/aromatic N) is 1. The minimum absolute atomic E-state index is 0.186. The van der Waals surface area contributed by atoms with E-state index in [9.17, 15) is 17.2 Å². The van der Waals surface area contributed by atoms with Gasteiger partial charge >= 0.3 is 6.61 Å². The lowest BCUT2D eigenvalue weighted by Gasteiger charge is -2.30. The Hall–Kier alpha value is -1.25. The first-order valence-corrected chi connectivity index (χ1v) is 7.65. The fraction of sp³-hybridized carbons (Fsp3) is 0.500. The predicted octanol–water partition coefficient (Wildman–Crippen LogP) is 1.40. The van der Waals surface area contributed by atoms with E-state index in [0.717, 1.165) is 6.42 Å². The van der Waals surface area contributed by atoms with Crippen LogP contribution in [0.3, 0.4) is 0 Å². The van der Waals surface area contributed by atoms with Gasteiger partial charge in [0.15, 0.2) is 0 Å². The third kappa shape index (κ3) is 3.25. The number of piperidine rings is 1. The molecule has 20 heavy (non-hydrogen) atoms. The predicted molar refractivity (Wildman–Crippen MR) is 69.0 cm³/mol. The van der Waals surface area contributed by atoms with Crippen LogP contribution in [-0.4, -0.2) is 38.5 Å². The highest BCUT2D eigenvalue weighted by molar-refractivity contribution is 7.89. The summed E-state index contributed by atoms with van der Waals surface area (Å²) in [5.41, 5.74) is 5.76. The van der Waals surface area contributed by atoms with Crippen LogP contribution in [0.1, 0.15) is 12.8 Å². The number of alkyl halides is 2. The van der Waals surface area contributed by atoms with E-state index in [4.69, 9.17) is 5.73 Å². The van der Waals surface area contributed by atoms with Crippen LogP contribution in [-0.2, 0) is 10.0 Å². The van der Waals surface area contributed by atoms with Gasteiger partial charge in [-0.3, -0.25) is 0 Å². The van der Waals surface area contributed by atoms with Gasteiger partial charge in [0.05, 0.1) is 0 Å². The smallest absolute Gasteiger partial charge is 0.387 e. The molecule has 112 valence electrons. The highest BCUT2D eigenvalue weighted by Crippen LogP contribution is 2.29. The molecule has 1 aliphatic rings. The Morgan fingerprint density at radius 3 is 2.70 bits per heavy atom. The molecule has 1 aliphatic heterocycles. The number of hydrogen-bond donors (Lipinski definition) is 1. The van der Waals surface area contributed by atoms with Crippen LogP contribution in [0.15, 0.2) is 29.2 Å². The number of nitrogens with two attached hydrogens (primary N) is 1. The summed E-state index contributed by atoms with van der Waals surface area (Å²) in [5, 5.41) is 0. The van der Waals surface area contributed by atoms with Crippen molar-refractivity contribution < 1.29 is 21.9 Å². The molecule has 0 radical (unpaired) electrons. The third-order valence-electron chi connectivity index (χ3n) is 3.10. The second-order valence-corrected chi connectivity index (χ2v) is 6.50. The molecule has 0 aromatic heterocycles. The maximum atomic E-state index is 12.5. The van der Waals surface area contributed by atoms with Gasteiger partial charge in [-0.15, -0.1) is 0 Å². The van der Waals surface area contributed by atoms with E-state index in [0.29, 0.717) is 13.0 Å². The molecule has 1 aromatic carbocycles. The van der Waals surface area contributed by atoms with Gasteiger partial charge in [0.2, 0.25) is 10.0 Å². The van der Waals surface area contributed by atoms with Crippen LogP contribution < -0.4 is 10.5 Å². The second-order valence-electron chi connectivity index (χ2n) is 4.59.